The van der Waals surface area contributed by atoms with Crippen LogP contribution in [0.4, 0.5) is 5.69 Å². The molecule has 2 atom stereocenters. The van der Waals surface area contributed by atoms with Crippen LogP contribution in [0.2, 0.25) is 0 Å². The van der Waals surface area contributed by atoms with Crippen LogP contribution in [0.5, 0.6) is 11.5 Å². The highest BCUT2D eigenvalue weighted by Crippen LogP contribution is 2.49. The van der Waals surface area contributed by atoms with E-state index in [9.17, 15) is 0 Å². The van der Waals surface area contributed by atoms with Crippen LogP contribution < -0.4 is 15.9 Å². The molecule has 3 aliphatic rings. The van der Waals surface area contributed by atoms with Gasteiger partial charge in [-0.15, -0.1) is 11.8 Å². The molecule has 3 aromatic rings. The van der Waals surface area contributed by atoms with Gasteiger partial charge in [0.25, 0.3) is 0 Å². The lowest BCUT2D eigenvalue weighted by Gasteiger charge is -2.43. The van der Waals surface area contributed by atoms with Gasteiger partial charge in [-0.1, -0.05) is 31.0 Å². The Morgan fingerprint density at radius 1 is 1.03 bits per heavy atom. The third kappa shape index (κ3) is 4.33. The molecule has 0 bridgehead atoms. The zero-order chi connectivity index (χ0) is 23.8. The Balaban J connectivity index is 1.43. The van der Waals surface area contributed by atoms with Crippen molar-refractivity contribution in [3.05, 3.63) is 54.2 Å². The Hall–Kier alpha value is -2.19. The molecule has 35 heavy (non-hydrogen) atoms. The van der Waals surface area contributed by atoms with Crippen molar-refractivity contribution >= 4 is 28.4 Å². The first-order chi connectivity index (χ1) is 17.1. The number of aromatic nitrogens is 1. The molecule has 2 aromatic carbocycles. The minimum atomic E-state index is -0.283. The Morgan fingerprint density at radius 2 is 1.80 bits per heavy atom. The summed E-state index contributed by atoms with van der Waals surface area (Å²) in [5.41, 5.74) is 3.48. The number of aromatic amines is 1. The number of hydrogen-bond acceptors (Lipinski definition) is 6. The van der Waals surface area contributed by atoms with Gasteiger partial charge in [0.2, 0.25) is 0 Å². The minimum absolute atomic E-state index is 0.283. The minimum Gasteiger partial charge on any atom is -0.457 e. The van der Waals surface area contributed by atoms with Crippen molar-refractivity contribution in [1.82, 2.24) is 14.9 Å². The molecule has 2 aliphatic heterocycles. The number of hydrogen-bond donors (Lipinski definition) is 3. The van der Waals surface area contributed by atoms with Gasteiger partial charge in [-0.2, -0.15) is 0 Å². The van der Waals surface area contributed by atoms with Gasteiger partial charge in [0, 0.05) is 41.5 Å². The molecular formula is C28H37N5OS. The molecule has 1 aliphatic carbocycles. The van der Waals surface area contributed by atoms with Crippen molar-refractivity contribution in [3.63, 3.8) is 0 Å². The fourth-order valence-corrected chi connectivity index (χ4v) is 7.75. The molecule has 186 valence electrons. The second kappa shape index (κ2) is 9.69. The number of fused-ring (bicyclic) bond motifs is 1. The monoisotopic (exact) mass is 491 g/mol. The van der Waals surface area contributed by atoms with E-state index < -0.39 is 0 Å². The third-order valence-electron chi connectivity index (χ3n) is 8.12. The van der Waals surface area contributed by atoms with Crippen molar-refractivity contribution in [2.24, 2.45) is 5.84 Å². The van der Waals surface area contributed by atoms with Gasteiger partial charge < -0.3 is 15.0 Å². The second-order valence-electron chi connectivity index (χ2n) is 10.3. The van der Waals surface area contributed by atoms with Crippen molar-refractivity contribution in [2.45, 2.75) is 62.4 Å². The molecule has 1 aromatic heterocycles. The Bertz CT molecular complexity index is 1150. The van der Waals surface area contributed by atoms with Gasteiger partial charge >= 0.3 is 0 Å². The predicted molar refractivity (Wildman–Crippen MR) is 146 cm³/mol. The lowest BCUT2D eigenvalue weighted by Crippen LogP contribution is -2.56. The normalized spacial score (nSPS) is 25.0. The standard InChI is InChI=1S/C28H37N5OS/c1-20(32-13-7-8-14-32)28(33(29)15-16-35-28)26-18-21-17-24(34-23-11-3-2-4-12-23)19-25(27(21)31-26)30-22-9-5-6-10-22/h2-4,11-12,17-20,22,30-31H,5-10,13-16,29H2,1H3/t20-,28-/m0/s1. The van der Waals surface area contributed by atoms with Crippen molar-refractivity contribution in [2.75, 3.05) is 30.7 Å². The van der Waals surface area contributed by atoms with E-state index in [2.05, 4.69) is 45.3 Å². The smallest absolute Gasteiger partial charge is 0.135 e. The molecule has 0 radical (unpaired) electrons. The molecule has 6 rings (SSSR count). The number of para-hydroxylation sites is 1. The number of H-pyrrole nitrogens is 1. The van der Waals surface area contributed by atoms with Crippen LogP contribution in [0.25, 0.3) is 10.9 Å². The fraction of sp³-hybridized carbons (Fsp3) is 0.500. The summed E-state index contributed by atoms with van der Waals surface area (Å²) in [6.45, 7) is 5.56. The van der Waals surface area contributed by atoms with E-state index in [1.54, 1.807) is 0 Å². The number of nitrogens with one attached hydrogen (secondary N) is 2. The highest BCUT2D eigenvalue weighted by atomic mass is 32.2. The molecule has 3 fully saturated rings. The van der Waals surface area contributed by atoms with Crippen LogP contribution >= 0.6 is 11.8 Å². The number of likely N-dealkylation sites (tertiary alicyclic amines) is 1. The summed E-state index contributed by atoms with van der Waals surface area (Å²) >= 11 is 1.98. The predicted octanol–water partition coefficient (Wildman–Crippen LogP) is 5.87. The highest BCUT2D eigenvalue weighted by Gasteiger charge is 2.50. The summed E-state index contributed by atoms with van der Waals surface area (Å²) < 4.78 is 6.30. The summed E-state index contributed by atoms with van der Waals surface area (Å²) in [5.74, 6) is 9.52. The Kier molecular flexibility index (Phi) is 6.43. The molecular weight excluding hydrogens is 454 g/mol. The van der Waals surface area contributed by atoms with Gasteiger partial charge in [-0.3, -0.25) is 10.7 Å². The number of rotatable bonds is 7. The fourth-order valence-electron chi connectivity index (χ4n) is 6.24. The number of nitrogens with two attached hydrogens (primary N) is 1. The van der Waals surface area contributed by atoms with Crippen LogP contribution in [0, 0.1) is 0 Å². The van der Waals surface area contributed by atoms with Gasteiger partial charge in [-0.25, -0.2) is 5.01 Å². The summed E-state index contributed by atoms with van der Waals surface area (Å²) in [7, 11) is 0. The van der Waals surface area contributed by atoms with E-state index in [0.717, 1.165) is 48.1 Å². The van der Waals surface area contributed by atoms with E-state index in [-0.39, 0.29) is 4.87 Å². The lowest BCUT2D eigenvalue weighted by molar-refractivity contribution is 0.0872. The van der Waals surface area contributed by atoms with Crippen LogP contribution in [-0.4, -0.2) is 52.4 Å². The second-order valence-corrected chi connectivity index (χ2v) is 11.6. The van der Waals surface area contributed by atoms with E-state index in [1.165, 1.54) is 49.6 Å². The Morgan fingerprint density at radius 3 is 2.51 bits per heavy atom. The maximum Gasteiger partial charge on any atom is 0.135 e. The quantitative estimate of drug-likeness (QED) is 0.359. The summed E-state index contributed by atoms with van der Waals surface area (Å²) in [4.78, 5) is 6.19. The molecule has 0 unspecified atom stereocenters. The maximum atomic E-state index is 6.76. The molecule has 2 saturated heterocycles. The molecule has 0 spiro atoms. The molecule has 3 heterocycles. The molecule has 0 amide bonds. The number of anilines is 1. The number of benzene rings is 2. The van der Waals surface area contributed by atoms with Crippen LogP contribution in [0.15, 0.2) is 48.5 Å². The van der Waals surface area contributed by atoms with Gasteiger partial charge in [0.05, 0.1) is 11.2 Å². The maximum absolute atomic E-state index is 6.76. The summed E-state index contributed by atoms with van der Waals surface area (Å²) in [6, 6.07) is 17.5. The first-order valence-electron chi connectivity index (χ1n) is 13.2. The summed E-state index contributed by atoms with van der Waals surface area (Å²) in [5, 5.41) is 7.10. The van der Waals surface area contributed by atoms with Crippen molar-refractivity contribution in [1.29, 1.82) is 0 Å². The van der Waals surface area contributed by atoms with Crippen LogP contribution in [0.3, 0.4) is 0 Å². The lowest BCUT2D eigenvalue weighted by atomic mass is 10.0. The average Bonchev–Trinajstić information content (AvgIpc) is 3.66. The number of nitrogens with zero attached hydrogens (tertiary/aromatic N) is 2. The van der Waals surface area contributed by atoms with E-state index in [0.29, 0.717) is 12.1 Å². The molecule has 7 heteroatoms. The molecule has 6 nitrogen and oxygen atoms in total. The van der Waals surface area contributed by atoms with Crippen molar-refractivity contribution < 1.29 is 4.74 Å². The molecule has 1 saturated carbocycles. The largest absolute Gasteiger partial charge is 0.457 e. The zero-order valence-corrected chi connectivity index (χ0v) is 21.4. The van der Waals surface area contributed by atoms with Gasteiger partial charge in [0.1, 0.15) is 16.4 Å². The van der Waals surface area contributed by atoms with Crippen LogP contribution in [-0.2, 0) is 4.87 Å². The number of thioether (sulfide) groups is 1. The van der Waals surface area contributed by atoms with E-state index in [4.69, 9.17) is 10.6 Å². The average molecular weight is 492 g/mol. The topological polar surface area (TPSA) is 69.5 Å². The van der Waals surface area contributed by atoms with Crippen molar-refractivity contribution in [3.8, 4) is 11.5 Å². The van der Waals surface area contributed by atoms with Crippen LogP contribution in [0.1, 0.15) is 51.1 Å². The van der Waals surface area contributed by atoms with Gasteiger partial charge in [-0.05, 0) is 70.0 Å². The van der Waals surface area contributed by atoms with Gasteiger partial charge in [0.15, 0.2) is 0 Å². The summed E-state index contributed by atoms with van der Waals surface area (Å²) in [6.07, 6.45) is 7.59. The first-order valence-corrected chi connectivity index (χ1v) is 14.2. The number of ether oxygens (including phenoxy) is 1. The highest BCUT2D eigenvalue weighted by molar-refractivity contribution is 8.00. The van der Waals surface area contributed by atoms with E-state index in [1.807, 2.05) is 42.1 Å². The zero-order valence-electron chi connectivity index (χ0n) is 20.6. The SMILES string of the molecule is C[C@H](N1CCCC1)[C@@]1(c2cc3cc(Oc4ccccc4)cc(NC4CCCC4)c3[nH]2)SCCN1N. The number of hydrazine groups is 1. The Labute approximate surface area is 212 Å². The third-order valence-corrected chi connectivity index (χ3v) is 9.74. The van der Waals surface area contributed by atoms with E-state index >= 15 is 0 Å². The molecule has 4 N–H and O–H groups in total. The first kappa shape index (κ1) is 23.2.